The van der Waals surface area contributed by atoms with E-state index in [4.69, 9.17) is 0 Å². The molecule has 7 heteroatoms. The molecule has 112 valence electrons. The lowest BCUT2D eigenvalue weighted by atomic mass is 10.1. The fourth-order valence-corrected chi connectivity index (χ4v) is 4.16. The van der Waals surface area contributed by atoms with E-state index in [1.807, 2.05) is 0 Å². The molecule has 1 aromatic rings. The molecule has 0 spiro atoms. The van der Waals surface area contributed by atoms with Crippen molar-refractivity contribution in [2.45, 2.75) is 25.7 Å². The van der Waals surface area contributed by atoms with Crippen molar-refractivity contribution in [1.82, 2.24) is 0 Å². The Labute approximate surface area is 131 Å². The largest absolute Gasteiger partial charge is 0.469 e. The minimum Gasteiger partial charge on any atom is -0.469 e. The maximum Gasteiger partial charge on any atom is 0.306 e. The van der Waals surface area contributed by atoms with Gasteiger partial charge in [0.1, 0.15) is 11.1 Å². The predicted octanol–water partition coefficient (Wildman–Crippen LogP) is 2.34. The minimum absolute atomic E-state index is 0.138. The average Bonchev–Trinajstić information content (AvgIpc) is 3.03. The molecule has 0 unspecified atom stereocenters. The zero-order chi connectivity index (χ0) is 15.2. The first-order valence-corrected chi connectivity index (χ1v) is 8.62. The zero-order valence-corrected chi connectivity index (χ0v) is 13.4. The van der Waals surface area contributed by atoms with Crippen molar-refractivity contribution in [1.29, 1.82) is 5.26 Å². The van der Waals surface area contributed by atoms with Gasteiger partial charge in [0.15, 0.2) is 0 Å². The van der Waals surface area contributed by atoms with Crippen LogP contribution in [0.25, 0.3) is 0 Å². The summed E-state index contributed by atoms with van der Waals surface area (Å²) in [6.45, 7) is 0. The number of anilines is 1. The molecule has 1 aromatic heterocycles. The number of hydrogen-bond donors (Lipinski definition) is 1. The lowest BCUT2D eigenvalue weighted by Crippen LogP contribution is -2.14. The molecule has 0 fully saturated rings. The third-order valence-electron chi connectivity index (χ3n) is 3.20. The number of amides is 1. The normalized spacial score (nSPS) is 12.6. The van der Waals surface area contributed by atoms with Crippen molar-refractivity contribution in [3.8, 4) is 6.07 Å². The molecule has 5 nitrogen and oxygen atoms in total. The molecule has 0 saturated carbocycles. The molecule has 2 rings (SSSR count). The molecular weight excluding hydrogens is 308 g/mol. The van der Waals surface area contributed by atoms with Crippen LogP contribution in [-0.2, 0) is 27.2 Å². The molecule has 1 aliphatic rings. The van der Waals surface area contributed by atoms with Crippen LogP contribution in [0.5, 0.6) is 0 Å². The number of thioether (sulfide) groups is 1. The van der Waals surface area contributed by atoms with Gasteiger partial charge in [-0.3, -0.25) is 9.59 Å². The second-order valence-corrected chi connectivity index (χ2v) is 6.81. The number of hydrogen-bond acceptors (Lipinski definition) is 6. The van der Waals surface area contributed by atoms with Crippen LogP contribution in [0, 0.1) is 11.3 Å². The molecule has 1 N–H and O–H groups in total. The fraction of sp³-hybridized carbons (Fsp3) is 0.500. The number of nitrogens with one attached hydrogen (secondary N) is 1. The van der Waals surface area contributed by atoms with Gasteiger partial charge in [0.25, 0.3) is 0 Å². The number of esters is 1. The Bertz CT molecular complexity index is 590. The van der Waals surface area contributed by atoms with E-state index in [9.17, 15) is 14.9 Å². The number of carbonyl (C=O) groups is 2. The summed E-state index contributed by atoms with van der Waals surface area (Å²) in [5.74, 6) is 0.405. The zero-order valence-electron chi connectivity index (χ0n) is 11.7. The summed E-state index contributed by atoms with van der Waals surface area (Å²) in [6, 6.07) is 2.20. The van der Waals surface area contributed by atoms with Crippen molar-refractivity contribution in [3.63, 3.8) is 0 Å². The lowest BCUT2D eigenvalue weighted by Gasteiger charge is -2.04. The Hall–Kier alpha value is -1.52. The highest BCUT2D eigenvalue weighted by atomic mass is 32.2. The molecule has 0 bridgehead atoms. The number of thiophene rings is 1. The average molecular weight is 324 g/mol. The van der Waals surface area contributed by atoms with E-state index in [2.05, 4.69) is 16.1 Å². The monoisotopic (exact) mass is 324 g/mol. The van der Waals surface area contributed by atoms with Crippen molar-refractivity contribution in [2.75, 3.05) is 23.9 Å². The molecule has 0 radical (unpaired) electrons. The first kappa shape index (κ1) is 15.9. The van der Waals surface area contributed by atoms with Gasteiger partial charge in [-0.15, -0.1) is 11.3 Å². The van der Waals surface area contributed by atoms with Crippen LogP contribution in [0.2, 0.25) is 0 Å². The number of nitriles is 1. The molecule has 21 heavy (non-hydrogen) atoms. The Morgan fingerprint density at radius 3 is 3.00 bits per heavy atom. The smallest absolute Gasteiger partial charge is 0.306 e. The molecular formula is C14H16N2O3S2. The van der Waals surface area contributed by atoms with E-state index in [1.54, 1.807) is 0 Å². The van der Waals surface area contributed by atoms with Crippen molar-refractivity contribution >= 4 is 40.0 Å². The van der Waals surface area contributed by atoms with Gasteiger partial charge in [-0.25, -0.2) is 0 Å². The molecule has 1 amide bonds. The maximum absolute atomic E-state index is 11.9. The van der Waals surface area contributed by atoms with E-state index >= 15 is 0 Å². The molecule has 0 aromatic carbocycles. The first-order valence-electron chi connectivity index (χ1n) is 6.64. The van der Waals surface area contributed by atoms with Gasteiger partial charge in [0.2, 0.25) is 5.91 Å². The third-order valence-corrected chi connectivity index (χ3v) is 5.36. The highest BCUT2D eigenvalue weighted by molar-refractivity contribution is 7.99. The topological polar surface area (TPSA) is 79.2 Å². The van der Waals surface area contributed by atoms with Crippen LogP contribution in [0.15, 0.2) is 0 Å². The SMILES string of the molecule is COC(=O)CCSCC(=O)Nc1sc2c(c1C#N)CCC2. The number of rotatable bonds is 6. The van der Waals surface area contributed by atoms with Crippen LogP contribution in [0.1, 0.15) is 28.8 Å². The highest BCUT2D eigenvalue weighted by Crippen LogP contribution is 2.38. The van der Waals surface area contributed by atoms with Crippen molar-refractivity contribution in [3.05, 3.63) is 16.0 Å². The van der Waals surface area contributed by atoms with Crippen LogP contribution in [0.3, 0.4) is 0 Å². The van der Waals surface area contributed by atoms with Gasteiger partial charge >= 0.3 is 5.97 Å². The number of fused-ring (bicyclic) bond motifs is 1. The number of carbonyl (C=O) groups excluding carboxylic acids is 2. The minimum atomic E-state index is -0.274. The summed E-state index contributed by atoms with van der Waals surface area (Å²) in [4.78, 5) is 24.0. The van der Waals surface area contributed by atoms with E-state index in [0.29, 0.717) is 22.7 Å². The molecule has 1 heterocycles. The van der Waals surface area contributed by atoms with Crippen LogP contribution >= 0.6 is 23.1 Å². The summed E-state index contributed by atoms with van der Waals surface area (Å²) in [5.41, 5.74) is 1.73. The van der Waals surface area contributed by atoms with E-state index in [-0.39, 0.29) is 17.6 Å². The summed E-state index contributed by atoms with van der Waals surface area (Å²) in [6.07, 6.45) is 3.32. The standard InChI is InChI=1S/C14H16N2O3S2/c1-19-13(18)5-6-20-8-12(17)16-14-10(7-15)9-3-2-4-11(9)21-14/h2-6,8H2,1H3,(H,16,17). The number of nitrogens with zero attached hydrogens (tertiary/aromatic N) is 1. The van der Waals surface area contributed by atoms with Crippen molar-refractivity contribution < 1.29 is 14.3 Å². The van der Waals surface area contributed by atoms with Crippen LogP contribution in [-0.4, -0.2) is 30.5 Å². The van der Waals surface area contributed by atoms with Gasteiger partial charge in [-0.05, 0) is 24.8 Å². The summed E-state index contributed by atoms with van der Waals surface area (Å²) in [7, 11) is 1.35. The van der Waals surface area contributed by atoms with Crippen LogP contribution in [0.4, 0.5) is 5.00 Å². The van der Waals surface area contributed by atoms with E-state index < -0.39 is 0 Å². The van der Waals surface area contributed by atoms with E-state index in [0.717, 1.165) is 24.8 Å². The predicted molar refractivity (Wildman–Crippen MR) is 83.6 cm³/mol. The van der Waals surface area contributed by atoms with Gasteiger partial charge in [-0.2, -0.15) is 17.0 Å². The van der Waals surface area contributed by atoms with Gasteiger partial charge in [0.05, 0.1) is 24.8 Å². The second-order valence-electron chi connectivity index (χ2n) is 4.60. The Morgan fingerprint density at radius 1 is 1.48 bits per heavy atom. The highest BCUT2D eigenvalue weighted by Gasteiger charge is 2.22. The molecule has 1 aliphatic carbocycles. The Kier molecular flexibility index (Phi) is 5.65. The lowest BCUT2D eigenvalue weighted by molar-refractivity contribution is -0.140. The first-order chi connectivity index (χ1) is 10.2. The molecule has 0 aliphatic heterocycles. The quantitative estimate of drug-likeness (QED) is 0.642. The molecule has 0 atom stereocenters. The Morgan fingerprint density at radius 2 is 2.29 bits per heavy atom. The van der Waals surface area contributed by atoms with Crippen LogP contribution < -0.4 is 5.32 Å². The summed E-state index contributed by atoms with van der Waals surface area (Å²) >= 11 is 2.89. The van der Waals surface area contributed by atoms with Gasteiger partial charge < -0.3 is 10.1 Å². The number of aryl methyl sites for hydroxylation is 1. The maximum atomic E-state index is 11.9. The summed E-state index contributed by atoms with van der Waals surface area (Å²) < 4.78 is 4.53. The van der Waals surface area contributed by atoms with E-state index in [1.165, 1.54) is 35.1 Å². The number of ether oxygens (including phenoxy) is 1. The Balaban J connectivity index is 1.84. The number of methoxy groups -OCH3 is 1. The summed E-state index contributed by atoms with van der Waals surface area (Å²) in [5, 5.41) is 12.7. The second kappa shape index (κ2) is 7.48. The fourth-order valence-electron chi connectivity index (χ4n) is 2.20. The van der Waals surface area contributed by atoms with Crippen molar-refractivity contribution in [2.24, 2.45) is 0 Å². The van der Waals surface area contributed by atoms with Gasteiger partial charge in [-0.1, -0.05) is 0 Å². The third kappa shape index (κ3) is 3.99. The molecule has 0 saturated heterocycles. The van der Waals surface area contributed by atoms with Gasteiger partial charge in [0, 0.05) is 10.6 Å².